The summed E-state index contributed by atoms with van der Waals surface area (Å²) in [5.41, 5.74) is 1.22. The van der Waals surface area contributed by atoms with Crippen molar-refractivity contribution in [3.8, 4) is 5.75 Å². The predicted octanol–water partition coefficient (Wildman–Crippen LogP) is 2.97. The van der Waals surface area contributed by atoms with Crippen molar-refractivity contribution in [1.82, 2.24) is 15.5 Å². The summed E-state index contributed by atoms with van der Waals surface area (Å²) in [7, 11) is 1.70. The molecule has 1 amide bonds. The molecule has 0 saturated carbocycles. The topological polar surface area (TPSA) is 53.6 Å². The van der Waals surface area contributed by atoms with Gasteiger partial charge in [-0.2, -0.15) is 0 Å². The fourth-order valence-electron chi connectivity index (χ4n) is 4.47. The lowest BCUT2D eigenvalue weighted by Crippen LogP contribution is -2.39. The van der Waals surface area contributed by atoms with Crippen molar-refractivity contribution in [3.05, 3.63) is 29.8 Å². The highest BCUT2D eigenvalue weighted by molar-refractivity contribution is 5.76. The van der Waals surface area contributed by atoms with Gasteiger partial charge in [-0.15, -0.1) is 0 Å². The lowest BCUT2D eigenvalue weighted by atomic mass is 9.85. The number of carbonyl (C=O) groups excluding carboxylic acids is 1. The van der Waals surface area contributed by atoms with Gasteiger partial charge in [0.05, 0.1) is 13.2 Å². The summed E-state index contributed by atoms with van der Waals surface area (Å²) in [4.78, 5) is 15.1. The van der Waals surface area contributed by atoms with Gasteiger partial charge >= 0.3 is 0 Å². The van der Waals surface area contributed by atoms with E-state index in [1.54, 1.807) is 7.11 Å². The molecule has 0 spiro atoms. The van der Waals surface area contributed by atoms with Crippen LogP contribution in [0.25, 0.3) is 0 Å². The molecule has 0 aliphatic carbocycles. The van der Waals surface area contributed by atoms with E-state index in [0.29, 0.717) is 24.8 Å². The van der Waals surface area contributed by atoms with Crippen molar-refractivity contribution in [2.45, 2.75) is 45.1 Å². The van der Waals surface area contributed by atoms with E-state index >= 15 is 0 Å². The van der Waals surface area contributed by atoms with Crippen molar-refractivity contribution < 1.29 is 9.53 Å². The second-order valence-corrected chi connectivity index (χ2v) is 8.13. The Kier molecular flexibility index (Phi) is 7.53. The van der Waals surface area contributed by atoms with E-state index in [2.05, 4.69) is 34.6 Å². The molecular formula is C22H35N3O2. The van der Waals surface area contributed by atoms with Crippen molar-refractivity contribution in [3.63, 3.8) is 0 Å². The van der Waals surface area contributed by atoms with Crippen molar-refractivity contribution in [2.24, 2.45) is 11.8 Å². The van der Waals surface area contributed by atoms with E-state index in [-0.39, 0.29) is 11.9 Å². The zero-order valence-corrected chi connectivity index (χ0v) is 16.9. The molecule has 3 unspecified atom stereocenters. The average Bonchev–Trinajstić information content (AvgIpc) is 3.23. The Morgan fingerprint density at radius 3 is 2.85 bits per heavy atom. The molecule has 1 aromatic rings. The largest absolute Gasteiger partial charge is 0.497 e. The number of hydrogen-bond acceptors (Lipinski definition) is 4. The molecule has 0 bridgehead atoms. The fraction of sp³-hybridized carbons (Fsp3) is 0.682. The molecule has 2 aliphatic rings. The maximum absolute atomic E-state index is 12.6. The summed E-state index contributed by atoms with van der Waals surface area (Å²) in [5, 5.41) is 6.68. The third-order valence-electron chi connectivity index (χ3n) is 6.20. The maximum atomic E-state index is 12.6. The second-order valence-electron chi connectivity index (χ2n) is 8.13. The normalized spacial score (nSPS) is 23.0. The van der Waals surface area contributed by atoms with Gasteiger partial charge in [0.2, 0.25) is 5.91 Å². The SMILES string of the molecule is COc1cccc(C(CNC(=O)CC(C)C2CCCNC2)N2CCCC2)c1. The first-order valence-electron chi connectivity index (χ1n) is 10.5. The first-order valence-corrected chi connectivity index (χ1v) is 10.5. The molecule has 5 nitrogen and oxygen atoms in total. The first kappa shape index (κ1) is 20.2. The Balaban J connectivity index is 1.57. The van der Waals surface area contributed by atoms with Crippen LogP contribution in [0, 0.1) is 11.8 Å². The van der Waals surface area contributed by atoms with Crippen LogP contribution in [0.2, 0.25) is 0 Å². The minimum absolute atomic E-state index is 0.181. The molecule has 3 atom stereocenters. The van der Waals surface area contributed by atoms with Crippen LogP contribution in [0.5, 0.6) is 5.75 Å². The summed E-state index contributed by atoms with van der Waals surface area (Å²) in [5.74, 6) is 2.11. The monoisotopic (exact) mass is 373 g/mol. The second kappa shape index (κ2) is 10.1. The Morgan fingerprint density at radius 2 is 2.15 bits per heavy atom. The molecule has 150 valence electrons. The van der Waals surface area contributed by atoms with Gasteiger partial charge in [0.25, 0.3) is 0 Å². The third-order valence-corrected chi connectivity index (χ3v) is 6.20. The molecule has 2 aliphatic heterocycles. The number of nitrogens with one attached hydrogen (secondary N) is 2. The van der Waals surface area contributed by atoms with E-state index < -0.39 is 0 Å². The number of nitrogens with zero attached hydrogens (tertiary/aromatic N) is 1. The van der Waals surface area contributed by atoms with Crippen LogP contribution in [0.15, 0.2) is 24.3 Å². The molecule has 27 heavy (non-hydrogen) atoms. The molecule has 1 aromatic carbocycles. The highest BCUT2D eigenvalue weighted by atomic mass is 16.5. The van der Waals surface area contributed by atoms with Gasteiger partial charge in [-0.3, -0.25) is 9.69 Å². The highest BCUT2D eigenvalue weighted by Crippen LogP contribution is 2.27. The molecule has 5 heteroatoms. The Labute approximate surface area is 163 Å². The predicted molar refractivity (Wildman–Crippen MR) is 109 cm³/mol. The maximum Gasteiger partial charge on any atom is 0.220 e. The molecule has 2 fully saturated rings. The third kappa shape index (κ3) is 5.69. The van der Waals surface area contributed by atoms with Gasteiger partial charge in [-0.05, 0) is 81.4 Å². The lowest BCUT2D eigenvalue weighted by molar-refractivity contribution is -0.122. The summed E-state index contributed by atoms with van der Waals surface area (Å²) in [6.07, 6.45) is 5.56. The number of rotatable bonds is 8. The average molecular weight is 374 g/mol. The Hall–Kier alpha value is -1.59. The Morgan fingerprint density at radius 1 is 1.33 bits per heavy atom. The quantitative estimate of drug-likeness (QED) is 0.736. The van der Waals surface area contributed by atoms with Crippen LogP contribution in [0.1, 0.15) is 50.6 Å². The standard InChI is InChI=1S/C22H35N3O2/c1-17(19-8-6-10-23-15-19)13-22(26)24-16-21(25-11-3-4-12-25)18-7-5-9-20(14-18)27-2/h5,7,9,14,17,19,21,23H,3-4,6,8,10-13,15-16H2,1-2H3,(H,24,26). The van der Waals surface area contributed by atoms with Gasteiger partial charge in [0.1, 0.15) is 5.75 Å². The summed E-state index contributed by atoms with van der Waals surface area (Å²) in [6, 6.07) is 8.48. The minimum Gasteiger partial charge on any atom is -0.497 e. The van der Waals surface area contributed by atoms with Crippen LogP contribution in [0.4, 0.5) is 0 Å². The van der Waals surface area contributed by atoms with Crippen molar-refractivity contribution in [2.75, 3.05) is 39.8 Å². The van der Waals surface area contributed by atoms with E-state index in [1.165, 1.54) is 31.2 Å². The van der Waals surface area contributed by atoms with Gasteiger partial charge in [-0.25, -0.2) is 0 Å². The first-order chi connectivity index (χ1) is 13.2. The number of amides is 1. The number of carbonyl (C=O) groups is 1. The number of ether oxygens (including phenoxy) is 1. The zero-order chi connectivity index (χ0) is 19.1. The van der Waals surface area contributed by atoms with E-state index in [9.17, 15) is 4.79 Å². The van der Waals surface area contributed by atoms with E-state index in [4.69, 9.17) is 4.74 Å². The molecule has 3 rings (SSSR count). The van der Waals surface area contributed by atoms with Crippen LogP contribution in [-0.4, -0.2) is 50.6 Å². The molecule has 0 radical (unpaired) electrons. The van der Waals surface area contributed by atoms with Crippen LogP contribution in [-0.2, 0) is 4.79 Å². The molecule has 0 aromatic heterocycles. The minimum atomic E-state index is 0.181. The Bertz CT molecular complexity index is 595. The summed E-state index contributed by atoms with van der Waals surface area (Å²) in [6.45, 7) is 7.25. The smallest absolute Gasteiger partial charge is 0.220 e. The lowest BCUT2D eigenvalue weighted by Gasteiger charge is -2.30. The number of piperidine rings is 1. The number of methoxy groups -OCH3 is 1. The van der Waals surface area contributed by atoms with Crippen LogP contribution < -0.4 is 15.4 Å². The number of likely N-dealkylation sites (tertiary alicyclic amines) is 1. The van der Waals surface area contributed by atoms with Crippen LogP contribution in [0.3, 0.4) is 0 Å². The van der Waals surface area contributed by atoms with E-state index in [1.807, 2.05) is 12.1 Å². The van der Waals surface area contributed by atoms with Gasteiger partial charge < -0.3 is 15.4 Å². The summed E-state index contributed by atoms with van der Waals surface area (Å²) >= 11 is 0. The highest BCUT2D eigenvalue weighted by Gasteiger charge is 2.26. The molecule has 2 saturated heterocycles. The molecule has 2 heterocycles. The van der Waals surface area contributed by atoms with Gasteiger partial charge in [0.15, 0.2) is 0 Å². The molecular weight excluding hydrogens is 338 g/mol. The van der Waals surface area contributed by atoms with Crippen LogP contribution >= 0.6 is 0 Å². The zero-order valence-electron chi connectivity index (χ0n) is 16.9. The van der Waals surface area contributed by atoms with Crippen molar-refractivity contribution >= 4 is 5.91 Å². The van der Waals surface area contributed by atoms with Gasteiger partial charge in [0, 0.05) is 13.0 Å². The summed E-state index contributed by atoms with van der Waals surface area (Å²) < 4.78 is 5.40. The molecule has 2 N–H and O–H groups in total. The number of hydrogen-bond donors (Lipinski definition) is 2. The fourth-order valence-corrected chi connectivity index (χ4v) is 4.47. The number of benzene rings is 1. The van der Waals surface area contributed by atoms with Crippen molar-refractivity contribution in [1.29, 1.82) is 0 Å². The van der Waals surface area contributed by atoms with Gasteiger partial charge in [-0.1, -0.05) is 19.1 Å². The van der Waals surface area contributed by atoms with E-state index in [0.717, 1.165) is 31.9 Å².